The molecular formula is C27H29Cl2N7O. The van der Waals surface area contributed by atoms with E-state index in [0.29, 0.717) is 38.4 Å². The van der Waals surface area contributed by atoms with Crippen LogP contribution in [-0.4, -0.2) is 51.7 Å². The monoisotopic (exact) mass is 537 g/mol. The van der Waals surface area contributed by atoms with Crippen LogP contribution in [0.2, 0.25) is 10.0 Å². The lowest BCUT2D eigenvalue weighted by atomic mass is 10.1. The van der Waals surface area contributed by atoms with E-state index in [9.17, 15) is 0 Å². The molecule has 192 valence electrons. The van der Waals surface area contributed by atoms with Crippen LogP contribution in [0.25, 0.3) is 11.0 Å². The van der Waals surface area contributed by atoms with Gasteiger partial charge < -0.3 is 25.7 Å². The molecule has 37 heavy (non-hydrogen) atoms. The van der Waals surface area contributed by atoms with E-state index in [1.165, 1.54) is 38.3 Å². The maximum atomic E-state index is 8.81. The van der Waals surface area contributed by atoms with Crippen LogP contribution in [0.1, 0.15) is 42.8 Å². The molecule has 1 unspecified atom stereocenters. The highest BCUT2D eigenvalue weighted by molar-refractivity contribution is 6.35. The summed E-state index contributed by atoms with van der Waals surface area (Å²) in [5.74, 6) is 0.965. The van der Waals surface area contributed by atoms with E-state index in [-0.39, 0.29) is 5.71 Å². The number of aromatic amines is 1. The van der Waals surface area contributed by atoms with Gasteiger partial charge in [-0.25, -0.2) is 4.98 Å². The molecule has 0 radical (unpaired) electrons. The minimum Gasteiger partial charge on any atom is -0.486 e. The average Bonchev–Trinajstić information content (AvgIpc) is 3.54. The molecule has 0 amide bonds. The fourth-order valence-corrected chi connectivity index (χ4v) is 5.30. The first kappa shape index (κ1) is 25.3. The van der Waals surface area contributed by atoms with Crippen molar-refractivity contribution in [2.75, 3.05) is 37.2 Å². The van der Waals surface area contributed by atoms with E-state index < -0.39 is 6.10 Å². The largest absolute Gasteiger partial charge is 0.486 e. The molecule has 4 aromatic rings. The van der Waals surface area contributed by atoms with Crippen molar-refractivity contribution in [1.82, 2.24) is 19.9 Å². The summed E-state index contributed by atoms with van der Waals surface area (Å²) in [5, 5.41) is 13.2. The van der Waals surface area contributed by atoms with Crippen molar-refractivity contribution in [3.05, 3.63) is 75.8 Å². The van der Waals surface area contributed by atoms with Gasteiger partial charge in [-0.2, -0.15) is 0 Å². The van der Waals surface area contributed by atoms with Crippen LogP contribution < -0.4 is 15.8 Å². The van der Waals surface area contributed by atoms with E-state index in [1.807, 2.05) is 25.1 Å². The number of nitrogens with two attached hydrogens (primary N) is 1. The smallest absolute Gasteiger partial charge is 0.157 e. The summed E-state index contributed by atoms with van der Waals surface area (Å²) >= 11 is 12.6. The molecule has 8 nitrogen and oxygen atoms in total. The predicted molar refractivity (Wildman–Crippen MR) is 150 cm³/mol. The zero-order chi connectivity index (χ0) is 25.9. The molecule has 1 atom stereocenters. The second-order valence-corrected chi connectivity index (χ2v) is 10.0. The van der Waals surface area contributed by atoms with Gasteiger partial charge in [-0.3, -0.25) is 10.4 Å². The van der Waals surface area contributed by atoms with Gasteiger partial charge in [0.2, 0.25) is 0 Å². The van der Waals surface area contributed by atoms with Crippen molar-refractivity contribution in [2.45, 2.75) is 25.9 Å². The second-order valence-electron chi connectivity index (χ2n) is 9.19. The summed E-state index contributed by atoms with van der Waals surface area (Å²) in [6.07, 6.45) is 5.21. The Morgan fingerprint density at radius 2 is 1.92 bits per heavy atom. The predicted octanol–water partition coefficient (Wildman–Crippen LogP) is 5.91. The zero-order valence-corrected chi connectivity index (χ0v) is 22.0. The fraction of sp³-hybridized carbons (Fsp3) is 0.296. The van der Waals surface area contributed by atoms with Gasteiger partial charge in [0.05, 0.1) is 21.1 Å². The maximum Gasteiger partial charge on any atom is 0.157 e. The number of nitrogens with one attached hydrogen (secondary N) is 3. The number of ether oxygens (including phenoxy) is 1. The van der Waals surface area contributed by atoms with Crippen molar-refractivity contribution in [3.63, 3.8) is 0 Å². The van der Waals surface area contributed by atoms with Crippen LogP contribution in [0.3, 0.4) is 0 Å². The van der Waals surface area contributed by atoms with Crippen LogP contribution in [0.4, 0.5) is 11.4 Å². The van der Waals surface area contributed by atoms with Crippen LogP contribution >= 0.6 is 23.2 Å². The van der Waals surface area contributed by atoms with Crippen molar-refractivity contribution in [2.24, 2.45) is 0 Å². The van der Waals surface area contributed by atoms with Gasteiger partial charge in [0.1, 0.15) is 17.6 Å². The molecule has 3 heterocycles. The van der Waals surface area contributed by atoms with E-state index in [0.717, 1.165) is 29.8 Å². The van der Waals surface area contributed by atoms with Crippen molar-refractivity contribution >= 4 is 51.3 Å². The van der Waals surface area contributed by atoms with Crippen molar-refractivity contribution in [1.29, 1.82) is 5.41 Å². The van der Waals surface area contributed by atoms with Gasteiger partial charge in [-0.15, -0.1) is 0 Å². The number of fused-ring (bicyclic) bond motifs is 1. The number of likely N-dealkylation sites (tertiary alicyclic amines) is 1. The van der Waals surface area contributed by atoms with Gasteiger partial charge in [0.25, 0.3) is 0 Å². The molecule has 1 aliphatic heterocycles. The first-order valence-electron chi connectivity index (χ1n) is 12.3. The van der Waals surface area contributed by atoms with Crippen molar-refractivity contribution < 1.29 is 4.74 Å². The van der Waals surface area contributed by atoms with Gasteiger partial charge >= 0.3 is 0 Å². The third kappa shape index (κ3) is 5.66. The van der Waals surface area contributed by atoms with E-state index in [2.05, 4.69) is 25.2 Å². The van der Waals surface area contributed by atoms with Crippen LogP contribution in [0.15, 0.2) is 48.8 Å². The third-order valence-corrected chi connectivity index (χ3v) is 7.18. The molecule has 0 aliphatic carbocycles. The zero-order valence-electron chi connectivity index (χ0n) is 20.5. The molecule has 10 heteroatoms. The standard InChI is InChI=1S/C27H29Cl2N7O/c1-16(25-20(28)14-32-15-21(25)29)37-18-5-6-22(30)19(13-18)26(31)27-34-23-7-4-17(12-24(23)35-27)33-8-11-36-9-2-3-10-36/h4-7,12-16,31,33H,2-3,8-11,30H2,1H3,(H,34,35). The topological polar surface area (TPSA) is 116 Å². The number of nitrogen functional groups attached to an aromatic ring is 1. The quantitative estimate of drug-likeness (QED) is 0.156. The summed E-state index contributed by atoms with van der Waals surface area (Å²) in [6, 6.07) is 11.2. The Morgan fingerprint density at radius 1 is 1.16 bits per heavy atom. The Bertz CT molecular complexity index is 1410. The molecule has 1 aliphatic rings. The average molecular weight is 538 g/mol. The third-order valence-electron chi connectivity index (χ3n) is 6.58. The van der Waals surface area contributed by atoms with Crippen LogP contribution in [0, 0.1) is 5.41 Å². The molecule has 5 rings (SSSR count). The number of aromatic nitrogens is 3. The number of hydrogen-bond acceptors (Lipinski definition) is 7. The number of rotatable bonds is 9. The summed E-state index contributed by atoms with van der Waals surface area (Å²) in [7, 11) is 0. The Labute approximate surface area is 225 Å². The Morgan fingerprint density at radius 3 is 2.68 bits per heavy atom. The maximum absolute atomic E-state index is 8.81. The lowest BCUT2D eigenvalue weighted by molar-refractivity contribution is 0.227. The van der Waals surface area contributed by atoms with E-state index in [4.69, 9.17) is 39.1 Å². The number of nitrogens with zero attached hydrogens (tertiary/aromatic N) is 3. The van der Waals surface area contributed by atoms with Gasteiger partial charge in [-0.1, -0.05) is 23.2 Å². The summed E-state index contributed by atoms with van der Waals surface area (Å²) < 4.78 is 6.10. The Hall–Kier alpha value is -3.33. The minimum absolute atomic E-state index is 0.176. The number of H-pyrrole nitrogens is 1. The van der Waals surface area contributed by atoms with Crippen LogP contribution in [-0.2, 0) is 0 Å². The number of pyridine rings is 1. The molecule has 5 N–H and O–H groups in total. The normalized spacial score (nSPS) is 14.7. The second kappa shape index (κ2) is 11.0. The fourth-order valence-electron chi connectivity index (χ4n) is 4.63. The number of halogens is 2. The Kier molecular flexibility index (Phi) is 7.50. The van der Waals surface area contributed by atoms with Gasteiger partial charge in [-0.05, 0) is 69.3 Å². The Balaban J connectivity index is 1.31. The van der Waals surface area contributed by atoms with Crippen molar-refractivity contribution in [3.8, 4) is 5.75 Å². The molecule has 1 fully saturated rings. The SMILES string of the molecule is CC(Oc1ccc(N)c(C(=N)c2nc3ccc(NCCN4CCCC4)cc3[nH]2)c1)c1c(Cl)cncc1Cl. The van der Waals surface area contributed by atoms with Crippen LogP contribution in [0.5, 0.6) is 5.75 Å². The summed E-state index contributed by atoms with van der Waals surface area (Å²) in [4.78, 5) is 14.4. The van der Waals surface area contributed by atoms with Gasteiger partial charge in [0, 0.05) is 48.0 Å². The van der Waals surface area contributed by atoms with Gasteiger partial charge in [0.15, 0.2) is 5.82 Å². The summed E-state index contributed by atoms with van der Waals surface area (Å²) in [5.41, 5.74) is 10.7. The van der Waals surface area contributed by atoms with E-state index in [1.54, 1.807) is 18.2 Å². The number of anilines is 2. The highest BCUT2D eigenvalue weighted by Gasteiger charge is 2.19. The molecule has 0 bridgehead atoms. The highest BCUT2D eigenvalue weighted by Crippen LogP contribution is 2.33. The first-order valence-corrected chi connectivity index (χ1v) is 13.0. The number of hydrogen-bond donors (Lipinski definition) is 4. The molecule has 0 spiro atoms. The lowest BCUT2D eigenvalue weighted by Gasteiger charge is -2.18. The number of imidazole rings is 1. The molecule has 1 saturated heterocycles. The molecule has 2 aromatic carbocycles. The minimum atomic E-state index is -0.434. The first-order chi connectivity index (χ1) is 17.9. The lowest BCUT2D eigenvalue weighted by Crippen LogP contribution is -2.25. The van der Waals surface area contributed by atoms with E-state index >= 15 is 0 Å². The summed E-state index contributed by atoms with van der Waals surface area (Å²) in [6.45, 7) is 6.15. The number of benzene rings is 2. The molecular weight excluding hydrogens is 509 g/mol. The molecule has 2 aromatic heterocycles. The molecule has 0 saturated carbocycles. The highest BCUT2D eigenvalue weighted by atomic mass is 35.5.